The summed E-state index contributed by atoms with van der Waals surface area (Å²) < 4.78 is 15.7. The van der Waals surface area contributed by atoms with Crippen molar-refractivity contribution in [1.29, 1.82) is 0 Å². The molecule has 2 N–H and O–H groups in total. The van der Waals surface area contributed by atoms with Crippen LogP contribution >= 0.6 is 0 Å². The molecule has 0 aliphatic heterocycles. The molecule has 110 valence electrons. The number of halogens is 1. The maximum Gasteiger partial charge on any atom is 0.488 e. The van der Waals surface area contributed by atoms with Crippen molar-refractivity contribution in [1.82, 2.24) is 9.55 Å². The van der Waals surface area contributed by atoms with Crippen molar-refractivity contribution in [2.24, 2.45) is 0 Å². The van der Waals surface area contributed by atoms with Crippen LogP contribution in [0.1, 0.15) is 35.6 Å². The smallest absolute Gasteiger partial charge is 0.423 e. The summed E-state index contributed by atoms with van der Waals surface area (Å²) in [5.41, 5.74) is 3.27. The second kappa shape index (κ2) is 5.62. The molecule has 4 nitrogen and oxygen atoms in total. The number of rotatable bonds is 3. The van der Waals surface area contributed by atoms with Crippen molar-refractivity contribution < 1.29 is 14.4 Å². The Morgan fingerprint density at radius 2 is 2.00 bits per heavy atom. The highest BCUT2D eigenvalue weighted by Crippen LogP contribution is 2.23. The molecule has 0 radical (unpaired) electrons. The Balaban J connectivity index is 1.95. The van der Waals surface area contributed by atoms with Crippen molar-refractivity contribution in [3.63, 3.8) is 0 Å². The third kappa shape index (κ3) is 2.87. The van der Waals surface area contributed by atoms with Gasteiger partial charge in [-0.3, -0.25) is 0 Å². The van der Waals surface area contributed by atoms with Gasteiger partial charge in [0.1, 0.15) is 11.6 Å². The Morgan fingerprint density at radius 1 is 1.24 bits per heavy atom. The van der Waals surface area contributed by atoms with E-state index in [1.807, 2.05) is 6.92 Å². The zero-order chi connectivity index (χ0) is 15.0. The van der Waals surface area contributed by atoms with Gasteiger partial charge in [-0.2, -0.15) is 0 Å². The van der Waals surface area contributed by atoms with Gasteiger partial charge in [-0.15, -0.1) is 0 Å². The molecule has 21 heavy (non-hydrogen) atoms. The molecule has 0 unspecified atom stereocenters. The Kier molecular flexibility index (Phi) is 3.82. The van der Waals surface area contributed by atoms with E-state index in [2.05, 4.69) is 9.55 Å². The van der Waals surface area contributed by atoms with Gasteiger partial charge in [-0.25, -0.2) is 9.37 Å². The molecule has 0 bridgehead atoms. The number of benzene rings is 1. The highest BCUT2D eigenvalue weighted by Gasteiger charge is 2.19. The first kappa shape index (κ1) is 14.3. The molecule has 3 rings (SSSR count). The predicted octanol–water partition coefficient (Wildman–Crippen LogP) is 0.938. The highest BCUT2D eigenvalue weighted by atomic mass is 19.1. The molecule has 1 aliphatic carbocycles. The van der Waals surface area contributed by atoms with E-state index in [0.717, 1.165) is 36.8 Å². The fraction of sp³-hybridized carbons (Fsp3) is 0.400. The zero-order valence-corrected chi connectivity index (χ0v) is 12.0. The van der Waals surface area contributed by atoms with E-state index in [9.17, 15) is 14.4 Å². The molecule has 0 amide bonds. The minimum absolute atomic E-state index is 0.177. The topological polar surface area (TPSA) is 58.3 Å². The van der Waals surface area contributed by atoms with Gasteiger partial charge >= 0.3 is 7.12 Å². The SMILES string of the molecule is Cc1nc2c(n1Cc1cc(F)cc(B(O)O)c1)CCCC2. The molecule has 1 aliphatic rings. The average Bonchev–Trinajstić information content (AvgIpc) is 2.75. The Bertz CT molecular complexity index is 670. The Morgan fingerprint density at radius 3 is 2.76 bits per heavy atom. The van der Waals surface area contributed by atoms with E-state index in [0.29, 0.717) is 12.1 Å². The summed E-state index contributed by atoms with van der Waals surface area (Å²) in [5, 5.41) is 18.4. The number of hydrogen-bond acceptors (Lipinski definition) is 3. The molecule has 1 aromatic carbocycles. The molecule has 1 heterocycles. The van der Waals surface area contributed by atoms with Crippen molar-refractivity contribution in [3.8, 4) is 0 Å². The number of aryl methyl sites for hydroxylation is 2. The van der Waals surface area contributed by atoms with Crippen molar-refractivity contribution in [3.05, 3.63) is 46.8 Å². The van der Waals surface area contributed by atoms with Gasteiger partial charge in [0, 0.05) is 12.2 Å². The lowest BCUT2D eigenvalue weighted by atomic mass is 9.79. The lowest BCUT2D eigenvalue weighted by Crippen LogP contribution is -2.30. The Labute approximate surface area is 123 Å². The lowest BCUT2D eigenvalue weighted by molar-refractivity contribution is 0.425. The van der Waals surface area contributed by atoms with Crippen LogP contribution in [0.3, 0.4) is 0 Å². The molecule has 6 heteroatoms. The van der Waals surface area contributed by atoms with Gasteiger partial charge < -0.3 is 14.6 Å². The van der Waals surface area contributed by atoms with E-state index in [4.69, 9.17) is 0 Å². The third-order valence-electron chi connectivity index (χ3n) is 4.04. The normalized spacial score (nSPS) is 14.1. The molecule has 0 spiro atoms. The van der Waals surface area contributed by atoms with Crippen LogP contribution in [0.4, 0.5) is 4.39 Å². The summed E-state index contributed by atoms with van der Waals surface area (Å²) in [6.45, 7) is 2.46. The quantitative estimate of drug-likeness (QED) is 0.826. The lowest BCUT2D eigenvalue weighted by Gasteiger charge is -2.15. The molecule has 0 saturated carbocycles. The first-order chi connectivity index (χ1) is 10.0. The van der Waals surface area contributed by atoms with Crippen molar-refractivity contribution in [2.45, 2.75) is 39.2 Å². The second-order valence-corrected chi connectivity index (χ2v) is 5.61. The number of aromatic nitrogens is 2. The second-order valence-electron chi connectivity index (χ2n) is 5.61. The Hall–Kier alpha value is -1.66. The van der Waals surface area contributed by atoms with Crippen molar-refractivity contribution in [2.75, 3.05) is 0 Å². The van der Waals surface area contributed by atoms with Gasteiger partial charge in [0.05, 0.1) is 5.69 Å². The first-order valence-electron chi connectivity index (χ1n) is 7.25. The summed E-state index contributed by atoms with van der Waals surface area (Å²) in [4.78, 5) is 4.60. The van der Waals surface area contributed by atoms with Gasteiger partial charge in [-0.05, 0) is 55.8 Å². The number of imidazole rings is 1. The summed E-state index contributed by atoms with van der Waals surface area (Å²) in [7, 11) is -1.66. The van der Waals surface area contributed by atoms with Crippen molar-refractivity contribution >= 4 is 12.6 Å². The summed E-state index contributed by atoms with van der Waals surface area (Å²) in [6, 6.07) is 4.20. The van der Waals surface area contributed by atoms with E-state index in [-0.39, 0.29) is 5.46 Å². The number of fused-ring (bicyclic) bond motifs is 1. The van der Waals surface area contributed by atoms with Crippen LogP contribution in [0, 0.1) is 12.7 Å². The molecule has 0 saturated heterocycles. The molecule has 0 atom stereocenters. The average molecular weight is 288 g/mol. The van der Waals surface area contributed by atoms with E-state index in [1.165, 1.54) is 18.2 Å². The number of hydrogen-bond donors (Lipinski definition) is 2. The van der Waals surface area contributed by atoms with Crippen LogP contribution in [-0.4, -0.2) is 26.7 Å². The third-order valence-corrected chi connectivity index (χ3v) is 4.04. The fourth-order valence-corrected chi connectivity index (χ4v) is 3.04. The predicted molar refractivity (Wildman–Crippen MR) is 78.9 cm³/mol. The molecular formula is C15H18BFN2O2. The first-order valence-corrected chi connectivity index (χ1v) is 7.25. The summed E-state index contributed by atoms with van der Waals surface area (Å²) in [6.07, 6.45) is 4.33. The van der Waals surface area contributed by atoms with Crippen LogP contribution in [0.2, 0.25) is 0 Å². The monoisotopic (exact) mass is 288 g/mol. The van der Waals surface area contributed by atoms with Crippen LogP contribution in [0.25, 0.3) is 0 Å². The van der Waals surface area contributed by atoms with Gasteiger partial charge in [0.15, 0.2) is 0 Å². The van der Waals surface area contributed by atoms with Crippen LogP contribution in [0.15, 0.2) is 18.2 Å². The summed E-state index contributed by atoms with van der Waals surface area (Å²) >= 11 is 0. The zero-order valence-electron chi connectivity index (χ0n) is 12.0. The summed E-state index contributed by atoms with van der Waals surface area (Å²) in [5.74, 6) is 0.472. The van der Waals surface area contributed by atoms with Crippen LogP contribution in [-0.2, 0) is 19.4 Å². The minimum atomic E-state index is -1.66. The van der Waals surface area contributed by atoms with E-state index < -0.39 is 12.9 Å². The van der Waals surface area contributed by atoms with Gasteiger partial charge in [0.2, 0.25) is 0 Å². The molecular weight excluding hydrogens is 270 g/mol. The maximum absolute atomic E-state index is 13.6. The van der Waals surface area contributed by atoms with E-state index >= 15 is 0 Å². The van der Waals surface area contributed by atoms with E-state index in [1.54, 1.807) is 6.07 Å². The molecule has 1 aromatic heterocycles. The standard InChI is InChI=1S/C15H18BFN2O2/c1-10-18-14-4-2-3-5-15(14)19(10)9-11-6-12(16(20)21)8-13(17)7-11/h6-8,20-21H,2-5,9H2,1H3. The van der Waals surface area contributed by atoms with Crippen LogP contribution in [0.5, 0.6) is 0 Å². The van der Waals surface area contributed by atoms with Gasteiger partial charge in [0.25, 0.3) is 0 Å². The maximum atomic E-state index is 13.6. The molecule has 0 fully saturated rings. The van der Waals surface area contributed by atoms with Crippen LogP contribution < -0.4 is 5.46 Å². The largest absolute Gasteiger partial charge is 0.488 e. The highest BCUT2D eigenvalue weighted by molar-refractivity contribution is 6.58. The molecule has 2 aromatic rings. The fourth-order valence-electron chi connectivity index (χ4n) is 3.04. The minimum Gasteiger partial charge on any atom is -0.423 e. The van der Waals surface area contributed by atoms with Gasteiger partial charge in [-0.1, -0.05) is 6.07 Å². The number of nitrogens with zero attached hydrogens (tertiary/aromatic N) is 2.